The highest BCUT2D eigenvalue weighted by molar-refractivity contribution is 7.16. The van der Waals surface area contributed by atoms with Crippen LogP contribution in [0, 0.1) is 0 Å². The number of carbonyl (C=O) groups is 1. The molecule has 1 amide bonds. The first-order valence-electron chi connectivity index (χ1n) is 7.74. The molecule has 0 aliphatic rings. The first kappa shape index (κ1) is 18.9. The summed E-state index contributed by atoms with van der Waals surface area (Å²) >= 11 is 13.9. The Morgan fingerprint density at radius 1 is 1.23 bits per heavy atom. The van der Waals surface area contributed by atoms with Crippen molar-refractivity contribution in [1.29, 1.82) is 0 Å². The molecule has 136 valence electrons. The van der Waals surface area contributed by atoms with E-state index in [2.05, 4.69) is 4.99 Å². The van der Waals surface area contributed by atoms with Gasteiger partial charge < -0.3 is 14.0 Å². The number of nitrogens with zero attached hydrogens (tertiary/aromatic N) is 2. The number of benzene rings is 2. The lowest BCUT2D eigenvalue weighted by Gasteiger charge is -2.06. The van der Waals surface area contributed by atoms with Gasteiger partial charge in [0, 0.05) is 19.2 Å². The van der Waals surface area contributed by atoms with Gasteiger partial charge in [0.05, 0.1) is 34.0 Å². The third-order valence-electron chi connectivity index (χ3n) is 3.77. The maximum atomic E-state index is 12.6. The Morgan fingerprint density at radius 2 is 2.04 bits per heavy atom. The zero-order chi connectivity index (χ0) is 18.7. The second-order valence-corrected chi connectivity index (χ2v) is 7.18. The van der Waals surface area contributed by atoms with Crippen molar-refractivity contribution in [3.63, 3.8) is 0 Å². The van der Waals surface area contributed by atoms with E-state index >= 15 is 0 Å². The smallest absolute Gasteiger partial charge is 0.279 e. The molecule has 0 aliphatic heterocycles. The van der Waals surface area contributed by atoms with Gasteiger partial charge in [0.15, 0.2) is 4.80 Å². The summed E-state index contributed by atoms with van der Waals surface area (Å²) in [5.41, 5.74) is 1.20. The highest BCUT2D eigenvalue weighted by Crippen LogP contribution is 2.32. The van der Waals surface area contributed by atoms with E-state index in [1.807, 2.05) is 10.6 Å². The number of aromatic nitrogens is 1. The third kappa shape index (κ3) is 3.78. The molecule has 26 heavy (non-hydrogen) atoms. The van der Waals surface area contributed by atoms with Gasteiger partial charge in [0.2, 0.25) is 0 Å². The molecule has 0 saturated carbocycles. The molecule has 0 fully saturated rings. The summed E-state index contributed by atoms with van der Waals surface area (Å²) in [5.74, 6) is 0.244. The van der Waals surface area contributed by atoms with E-state index < -0.39 is 0 Å². The minimum absolute atomic E-state index is 0.358. The minimum atomic E-state index is -0.358. The molecule has 1 aromatic heterocycles. The molecule has 0 N–H and O–H groups in total. The van der Waals surface area contributed by atoms with Crippen LogP contribution in [0.3, 0.4) is 0 Å². The third-order valence-corrected chi connectivity index (χ3v) is 5.60. The topological polar surface area (TPSA) is 52.8 Å². The lowest BCUT2D eigenvalue weighted by molar-refractivity contribution is 0.0997. The molecule has 0 spiro atoms. The quantitative estimate of drug-likeness (QED) is 0.625. The van der Waals surface area contributed by atoms with Crippen LogP contribution in [-0.4, -0.2) is 31.3 Å². The summed E-state index contributed by atoms with van der Waals surface area (Å²) in [6.07, 6.45) is 0. The summed E-state index contributed by atoms with van der Waals surface area (Å²) in [6.45, 7) is 0.954. The number of fused-ring (bicyclic) bond motifs is 1. The molecule has 2 aromatic carbocycles. The van der Waals surface area contributed by atoms with Gasteiger partial charge in [-0.15, -0.1) is 0 Å². The monoisotopic (exact) mass is 410 g/mol. The Balaban J connectivity index is 2.14. The van der Waals surface area contributed by atoms with Crippen molar-refractivity contribution in [2.24, 2.45) is 4.99 Å². The van der Waals surface area contributed by atoms with E-state index in [0.29, 0.717) is 39.3 Å². The average molecular weight is 411 g/mol. The first-order valence-corrected chi connectivity index (χ1v) is 9.31. The average Bonchev–Trinajstić information content (AvgIpc) is 3.00. The van der Waals surface area contributed by atoms with Gasteiger partial charge in [0.1, 0.15) is 5.75 Å². The largest absolute Gasteiger partial charge is 0.497 e. The Hall–Kier alpha value is -1.86. The van der Waals surface area contributed by atoms with Crippen LogP contribution in [0.5, 0.6) is 5.75 Å². The van der Waals surface area contributed by atoms with Crippen LogP contribution in [0.15, 0.2) is 41.4 Å². The van der Waals surface area contributed by atoms with E-state index in [1.54, 1.807) is 44.6 Å². The van der Waals surface area contributed by atoms with Crippen LogP contribution < -0.4 is 9.54 Å². The predicted molar refractivity (Wildman–Crippen MR) is 105 cm³/mol. The Labute approximate surface area is 164 Å². The summed E-state index contributed by atoms with van der Waals surface area (Å²) in [6, 6.07) is 10.5. The maximum absolute atomic E-state index is 12.6. The number of halogens is 2. The fourth-order valence-electron chi connectivity index (χ4n) is 2.49. The van der Waals surface area contributed by atoms with Crippen LogP contribution in [-0.2, 0) is 11.3 Å². The number of hydrogen-bond donors (Lipinski definition) is 0. The Morgan fingerprint density at radius 3 is 2.77 bits per heavy atom. The van der Waals surface area contributed by atoms with Crippen molar-refractivity contribution >= 4 is 50.7 Å². The van der Waals surface area contributed by atoms with Gasteiger partial charge in [-0.2, -0.15) is 4.99 Å². The van der Waals surface area contributed by atoms with Crippen molar-refractivity contribution in [3.8, 4) is 5.75 Å². The summed E-state index contributed by atoms with van der Waals surface area (Å²) < 4.78 is 13.1. The number of thiazole rings is 1. The molecule has 1 heterocycles. The van der Waals surface area contributed by atoms with E-state index in [-0.39, 0.29) is 5.91 Å². The Bertz CT molecular complexity index is 1030. The lowest BCUT2D eigenvalue weighted by Crippen LogP contribution is -2.19. The lowest BCUT2D eigenvalue weighted by atomic mass is 10.2. The van der Waals surface area contributed by atoms with Crippen molar-refractivity contribution in [2.75, 3.05) is 20.8 Å². The minimum Gasteiger partial charge on any atom is -0.497 e. The molecule has 0 atom stereocenters. The number of rotatable bonds is 5. The number of amides is 1. The summed E-state index contributed by atoms with van der Waals surface area (Å²) in [7, 11) is 3.17. The molecule has 0 bridgehead atoms. The van der Waals surface area contributed by atoms with Gasteiger partial charge >= 0.3 is 0 Å². The number of hydrogen-bond acceptors (Lipinski definition) is 4. The zero-order valence-corrected chi connectivity index (χ0v) is 16.5. The SMILES string of the molecule is COCCn1c(=NC(=O)c2cccc(OC)c2)sc2ccc(Cl)c(Cl)c21. The van der Waals surface area contributed by atoms with E-state index in [1.165, 1.54) is 11.3 Å². The molecular weight excluding hydrogens is 395 g/mol. The van der Waals surface area contributed by atoms with Gasteiger partial charge in [-0.3, -0.25) is 4.79 Å². The second kappa shape index (κ2) is 8.22. The molecule has 5 nitrogen and oxygen atoms in total. The molecule has 0 saturated heterocycles. The molecule has 0 unspecified atom stereocenters. The van der Waals surface area contributed by atoms with Gasteiger partial charge in [-0.1, -0.05) is 40.6 Å². The number of carbonyl (C=O) groups excluding carboxylic acids is 1. The van der Waals surface area contributed by atoms with Crippen LogP contribution in [0.1, 0.15) is 10.4 Å². The standard InChI is InChI=1S/C18H16Cl2N2O3S/c1-24-9-8-22-16-14(7-6-13(19)15(16)20)26-18(22)21-17(23)11-4-3-5-12(10-11)25-2/h3-7,10H,8-9H2,1-2H3. The number of ether oxygens (including phenoxy) is 2. The summed E-state index contributed by atoms with van der Waals surface area (Å²) in [4.78, 5) is 17.4. The van der Waals surface area contributed by atoms with Crippen LogP contribution >= 0.6 is 34.5 Å². The van der Waals surface area contributed by atoms with E-state index in [0.717, 1.165) is 10.2 Å². The van der Waals surface area contributed by atoms with Crippen molar-refractivity contribution in [3.05, 3.63) is 56.8 Å². The summed E-state index contributed by atoms with van der Waals surface area (Å²) in [5, 5.41) is 0.889. The van der Waals surface area contributed by atoms with E-state index in [4.69, 9.17) is 32.7 Å². The van der Waals surface area contributed by atoms with Gasteiger partial charge in [-0.25, -0.2) is 0 Å². The zero-order valence-electron chi connectivity index (χ0n) is 14.2. The molecular formula is C18H16Cl2N2O3S. The molecule has 8 heteroatoms. The number of methoxy groups -OCH3 is 2. The first-order chi connectivity index (χ1) is 12.5. The molecule has 0 radical (unpaired) electrons. The fraction of sp³-hybridized carbons (Fsp3) is 0.222. The molecule has 3 rings (SSSR count). The highest BCUT2D eigenvalue weighted by Gasteiger charge is 2.14. The van der Waals surface area contributed by atoms with Crippen LogP contribution in [0.4, 0.5) is 0 Å². The normalized spacial score (nSPS) is 11.9. The highest BCUT2D eigenvalue weighted by atomic mass is 35.5. The van der Waals surface area contributed by atoms with Crippen LogP contribution in [0.25, 0.3) is 10.2 Å². The van der Waals surface area contributed by atoms with Crippen LogP contribution in [0.2, 0.25) is 10.0 Å². The fourth-order valence-corrected chi connectivity index (χ4v) is 4.02. The van der Waals surface area contributed by atoms with Crippen molar-refractivity contribution in [2.45, 2.75) is 6.54 Å². The van der Waals surface area contributed by atoms with Gasteiger partial charge in [-0.05, 0) is 30.3 Å². The molecule has 3 aromatic rings. The van der Waals surface area contributed by atoms with Crippen molar-refractivity contribution in [1.82, 2.24) is 4.57 Å². The van der Waals surface area contributed by atoms with Gasteiger partial charge in [0.25, 0.3) is 5.91 Å². The second-order valence-electron chi connectivity index (χ2n) is 5.39. The molecule has 0 aliphatic carbocycles. The van der Waals surface area contributed by atoms with E-state index in [9.17, 15) is 4.79 Å². The van der Waals surface area contributed by atoms with Crippen molar-refractivity contribution < 1.29 is 14.3 Å². The Kier molecular flexibility index (Phi) is 5.98. The maximum Gasteiger partial charge on any atom is 0.279 e. The predicted octanol–water partition coefficient (Wildman–Crippen LogP) is 4.41.